The lowest BCUT2D eigenvalue weighted by atomic mass is 9.73. The van der Waals surface area contributed by atoms with E-state index in [0.717, 1.165) is 48.5 Å². The molecule has 0 amide bonds. The van der Waals surface area contributed by atoms with E-state index in [0.29, 0.717) is 23.0 Å². The second-order valence-electron chi connectivity index (χ2n) is 11.3. The summed E-state index contributed by atoms with van der Waals surface area (Å²) in [5, 5.41) is 0. The number of nitrogens with two attached hydrogens (primary N) is 2. The molecule has 0 unspecified atom stereocenters. The molecule has 12 heteroatoms. The Morgan fingerprint density at radius 3 is 0.882 bits per heavy atom. The first-order chi connectivity index (χ1) is 24.3. The average molecular weight is 703 g/mol. The quantitative estimate of drug-likeness (QED) is 0.109. The summed E-state index contributed by atoms with van der Waals surface area (Å²) in [6.45, 7) is 0. The SMILES string of the molecule is Nc1cc(Oc2ccccc2)cc(Oc2ccc(C(c3ccc(Oc4cc(N)cc(Oc5ccccc5)c4)cc3)(C(F)(F)F)C(F)(F)F)cc2)c1. The zero-order valence-corrected chi connectivity index (χ0v) is 26.4. The van der Waals surface area contributed by atoms with E-state index in [4.69, 9.17) is 30.4 Å². The smallest absolute Gasteiger partial charge is 0.411 e. The molecule has 51 heavy (non-hydrogen) atoms. The fourth-order valence-corrected chi connectivity index (χ4v) is 5.47. The largest absolute Gasteiger partial charge is 0.457 e. The summed E-state index contributed by atoms with van der Waals surface area (Å²) in [7, 11) is 0. The molecule has 0 aliphatic heterocycles. The highest BCUT2D eigenvalue weighted by atomic mass is 19.4. The van der Waals surface area contributed by atoms with Gasteiger partial charge >= 0.3 is 12.4 Å². The number of rotatable bonds is 10. The lowest BCUT2D eigenvalue weighted by Gasteiger charge is -2.38. The van der Waals surface area contributed by atoms with Gasteiger partial charge in [0.2, 0.25) is 5.41 Å². The van der Waals surface area contributed by atoms with E-state index < -0.39 is 28.9 Å². The highest BCUT2D eigenvalue weighted by molar-refractivity contribution is 5.55. The van der Waals surface area contributed by atoms with Crippen LogP contribution >= 0.6 is 0 Å². The van der Waals surface area contributed by atoms with Crippen LogP contribution in [0, 0.1) is 0 Å². The molecule has 0 bridgehead atoms. The summed E-state index contributed by atoms with van der Waals surface area (Å²) >= 11 is 0. The van der Waals surface area contributed by atoms with E-state index in [1.165, 1.54) is 36.4 Å². The first-order valence-electron chi connectivity index (χ1n) is 15.3. The molecule has 4 N–H and O–H groups in total. The molecule has 0 aliphatic rings. The minimum Gasteiger partial charge on any atom is -0.457 e. The van der Waals surface area contributed by atoms with Crippen molar-refractivity contribution in [3.63, 3.8) is 0 Å². The van der Waals surface area contributed by atoms with Crippen LogP contribution in [0.3, 0.4) is 0 Å². The number of nitrogen functional groups attached to an aromatic ring is 2. The number of halogens is 6. The van der Waals surface area contributed by atoms with Crippen LogP contribution in [0.2, 0.25) is 0 Å². The molecule has 0 spiro atoms. The topological polar surface area (TPSA) is 89.0 Å². The van der Waals surface area contributed by atoms with Crippen molar-refractivity contribution in [1.82, 2.24) is 0 Å². The Morgan fingerprint density at radius 1 is 0.333 bits per heavy atom. The van der Waals surface area contributed by atoms with Crippen LogP contribution in [0.25, 0.3) is 0 Å². The second-order valence-corrected chi connectivity index (χ2v) is 11.3. The van der Waals surface area contributed by atoms with E-state index in [1.54, 1.807) is 48.5 Å². The van der Waals surface area contributed by atoms with Gasteiger partial charge in [-0.05, 0) is 59.7 Å². The molecule has 6 rings (SSSR count). The van der Waals surface area contributed by atoms with E-state index in [9.17, 15) is 26.3 Å². The Balaban J connectivity index is 1.27. The number of hydrogen-bond acceptors (Lipinski definition) is 6. The number of para-hydroxylation sites is 2. The van der Waals surface area contributed by atoms with Gasteiger partial charge in [0.15, 0.2) is 0 Å². The summed E-state index contributed by atoms with van der Waals surface area (Å²) in [6.07, 6.45) is -11.6. The zero-order chi connectivity index (χ0) is 36.2. The fourth-order valence-electron chi connectivity index (χ4n) is 5.47. The predicted molar refractivity (Wildman–Crippen MR) is 181 cm³/mol. The third-order valence-electron chi connectivity index (χ3n) is 7.66. The Morgan fingerprint density at radius 2 is 0.608 bits per heavy atom. The Bertz CT molecular complexity index is 1940. The van der Waals surface area contributed by atoms with Crippen LogP contribution in [-0.4, -0.2) is 12.4 Å². The minimum absolute atomic E-state index is 0.0326. The molecule has 260 valence electrons. The first kappa shape index (κ1) is 34.6. The van der Waals surface area contributed by atoms with Gasteiger partial charge in [-0.15, -0.1) is 0 Å². The highest BCUT2D eigenvalue weighted by Gasteiger charge is 2.72. The van der Waals surface area contributed by atoms with Crippen molar-refractivity contribution in [2.45, 2.75) is 17.8 Å². The molecule has 0 fully saturated rings. The second kappa shape index (κ2) is 13.9. The maximum atomic E-state index is 14.8. The number of anilines is 2. The normalized spacial score (nSPS) is 11.9. The number of benzene rings is 6. The van der Waals surface area contributed by atoms with Crippen molar-refractivity contribution in [1.29, 1.82) is 0 Å². The van der Waals surface area contributed by atoms with Gasteiger partial charge in [-0.1, -0.05) is 60.7 Å². The molecule has 0 aromatic heterocycles. The molecule has 6 nitrogen and oxygen atoms in total. The zero-order valence-electron chi connectivity index (χ0n) is 26.4. The third-order valence-corrected chi connectivity index (χ3v) is 7.66. The van der Waals surface area contributed by atoms with Gasteiger partial charge in [-0.3, -0.25) is 0 Å². The standard InChI is InChI=1S/C39H28F6N2O4/c40-38(41,42)37(39(43,44)45,25-11-15-31(16-12-25)50-35-21-27(46)19-33(23-35)48-29-7-3-1-4-8-29)26-13-17-32(18-14-26)51-36-22-28(47)20-34(24-36)49-30-9-5-2-6-10-30/h1-24H,46-47H2. The van der Waals surface area contributed by atoms with Gasteiger partial charge in [0.25, 0.3) is 0 Å². The monoisotopic (exact) mass is 702 g/mol. The number of alkyl halides is 6. The summed E-state index contributed by atoms with van der Waals surface area (Å²) in [6, 6.07) is 33.5. The van der Waals surface area contributed by atoms with Crippen molar-refractivity contribution in [3.05, 3.63) is 157 Å². The van der Waals surface area contributed by atoms with Crippen molar-refractivity contribution in [2.24, 2.45) is 0 Å². The van der Waals surface area contributed by atoms with Gasteiger partial charge in [0.1, 0.15) is 46.0 Å². The summed E-state index contributed by atoms with van der Waals surface area (Å²) < 4.78 is 112. The van der Waals surface area contributed by atoms with Crippen LogP contribution in [0.15, 0.2) is 146 Å². The van der Waals surface area contributed by atoms with Gasteiger partial charge in [-0.2, -0.15) is 26.3 Å². The van der Waals surface area contributed by atoms with Crippen LogP contribution in [0.4, 0.5) is 37.7 Å². The lowest BCUT2D eigenvalue weighted by molar-refractivity contribution is -0.288. The van der Waals surface area contributed by atoms with Crippen LogP contribution < -0.4 is 30.4 Å². The van der Waals surface area contributed by atoms with E-state index in [-0.39, 0.29) is 34.4 Å². The summed E-state index contributed by atoms with van der Waals surface area (Å²) in [5.74, 6) is 1.89. The van der Waals surface area contributed by atoms with Gasteiger partial charge in [-0.25, -0.2) is 0 Å². The third kappa shape index (κ3) is 7.64. The molecule has 0 saturated carbocycles. The maximum Gasteiger partial charge on any atom is 0.411 e. The molecule has 0 radical (unpaired) electrons. The van der Waals surface area contributed by atoms with Crippen LogP contribution in [0.1, 0.15) is 11.1 Å². The highest BCUT2D eigenvalue weighted by Crippen LogP contribution is 2.56. The predicted octanol–water partition coefficient (Wildman–Crippen LogP) is 11.4. The molecule has 0 heterocycles. The molecule has 0 aliphatic carbocycles. The Labute approximate surface area is 288 Å². The Kier molecular flexibility index (Phi) is 9.42. The van der Waals surface area contributed by atoms with Gasteiger partial charge in [0, 0.05) is 47.8 Å². The van der Waals surface area contributed by atoms with Crippen LogP contribution in [0.5, 0.6) is 46.0 Å². The van der Waals surface area contributed by atoms with Gasteiger partial charge < -0.3 is 30.4 Å². The Hall–Kier alpha value is -6.30. The molecule has 0 saturated heterocycles. The first-order valence-corrected chi connectivity index (χ1v) is 15.3. The average Bonchev–Trinajstić information content (AvgIpc) is 3.06. The summed E-state index contributed by atoms with van der Waals surface area (Å²) in [4.78, 5) is 0. The maximum absolute atomic E-state index is 14.8. The van der Waals surface area contributed by atoms with Crippen molar-refractivity contribution in [2.75, 3.05) is 11.5 Å². The van der Waals surface area contributed by atoms with Crippen molar-refractivity contribution in [3.8, 4) is 46.0 Å². The van der Waals surface area contributed by atoms with Gasteiger partial charge in [0.05, 0.1) is 0 Å². The molecule has 6 aromatic carbocycles. The van der Waals surface area contributed by atoms with Crippen molar-refractivity contribution >= 4 is 11.4 Å². The molecular formula is C39H28F6N2O4. The summed E-state index contributed by atoms with van der Waals surface area (Å²) in [5.41, 5.74) is 5.94. The van der Waals surface area contributed by atoms with E-state index in [1.807, 2.05) is 12.1 Å². The van der Waals surface area contributed by atoms with E-state index in [2.05, 4.69) is 0 Å². The molecular weight excluding hydrogens is 674 g/mol. The van der Waals surface area contributed by atoms with Crippen LogP contribution in [-0.2, 0) is 5.41 Å². The fraction of sp³-hybridized carbons (Fsp3) is 0.0769. The molecule has 0 atom stereocenters. The number of ether oxygens (including phenoxy) is 4. The van der Waals surface area contributed by atoms with E-state index >= 15 is 0 Å². The minimum atomic E-state index is -5.80. The molecule has 6 aromatic rings. The number of hydrogen-bond donors (Lipinski definition) is 2. The van der Waals surface area contributed by atoms with Crippen molar-refractivity contribution < 1.29 is 45.3 Å². The lowest BCUT2D eigenvalue weighted by Crippen LogP contribution is -2.54.